The van der Waals surface area contributed by atoms with E-state index in [2.05, 4.69) is 15.3 Å². The zero-order chi connectivity index (χ0) is 15.0. The van der Waals surface area contributed by atoms with Crippen molar-refractivity contribution in [2.75, 3.05) is 11.1 Å². The van der Waals surface area contributed by atoms with Crippen molar-refractivity contribution in [3.8, 4) is 0 Å². The van der Waals surface area contributed by atoms with E-state index in [0.29, 0.717) is 5.69 Å². The molecule has 0 saturated heterocycles. The molecule has 0 aliphatic rings. The molecule has 0 atom stereocenters. The average Bonchev–Trinajstić information content (AvgIpc) is 2.80. The number of aromatic amines is 1. The second-order valence-electron chi connectivity index (χ2n) is 4.33. The minimum atomic E-state index is -2.66. The van der Waals surface area contributed by atoms with Crippen LogP contribution in [0.15, 0.2) is 35.1 Å². The summed E-state index contributed by atoms with van der Waals surface area (Å²) >= 11 is 1.07. The summed E-state index contributed by atoms with van der Waals surface area (Å²) in [5.74, 6) is 0.162. The normalized spacial score (nSPS) is 11.2. The highest BCUT2D eigenvalue weighted by Crippen LogP contribution is 2.27. The Morgan fingerprint density at radius 1 is 1.29 bits per heavy atom. The summed E-state index contributed by atoms with van der Waals surface area (Å²) in [7, 11) is 0. The second-order valence-corrected chi connectivity index (χ2v) is 5.34. The van der Waals surface area contributed by atoms with E-state index in [9.17, 15) is 13.6 Å². The summed E-state index contributed by atoms with van der Waals surface area (Å²) < 4.78 is 26.1. The molecule has 108 valence electrons. The Hall–Kier alpha value is -2.48. The molecule has 8 heteroatoms. The number of nitrogens with one attached hydrogen (secondary N) is 2. The summed E-state index contributed by atoms with van der Waals surface area (Å²) in [6, 6.07) is 7.73. The van der Waals surface area contributed by atoms with E-state index in [4.69, 9.17) is 5.73 Å². The topological polar surface area (TPSA) is 83.8 Å². The number of nitrogens with zero attached hydrogens (tertiary/aromatic N) is 1. The largest absolute Gasteiger partial charge is 0.396 e. The van der Waals surface area contributed by atoms with Gasteiger partial charge in [0, 0.05) is 5.69 Å². The third kappa shape index (κ3) is 2.70. The van der Waals surface area contributed by atoms with Crippen LogP contribution in [-0.2, 0) is 0 Å². The molecule has 0 radical (unpaired) electrons. The lowest BCUT2D eigenvalue weighted by atomic mass is 10.2. The molecule has 0 spiro atoms. The highest BCUT2D eigenvalue weighted by Gasteiger charge is 2.12. The number of hydrogen-bond acceptors (Lipinski definition) is 5. The first-order valence-electron chi connectivity index (χ1n) is 5.97. The number of fused-ring (bicyclic) bond motifs is 1. The molecule has 0 amide bonds. The molecule has 0 aliphatic heterocycles. The van der Waals surface area contributed by atoms with Crippen LogP contribution in [0.3, 0.4) is 0 Å². The van der Waals surface area contributed by atoms with Crippen molar-refractivity contribution in [1.82, 2.24) is 9.97 Å². The van der Waals surface area contributed by atoms with Gasteiger partial charge in [0.15, 0.2) is 5.82 Å². The van der Waals surface area contributed by atoms with Crippen LogP contribution < -0.4 is 15.9 Å². The predicted octanol–water partition coefficient (Wildman–Crippen LogP) is 3.25. The summed E-state index contributed by atoms with van der Waals surface area (Å²) in [4.78, 5) is 17.6. The van der Waals surface area contributed by atoms with E-state index in [0.717, 1.165) is 21.6 Å². The maximum atomic E-state index is 12.7. The number of nitrogen functional groups attached to an aromatic ring is 1. The van der Waals surface area contributed by atoms with Crippen LogP contribution in [0, 0.1) is 0 Å². The van der Waals surface area contributed by atoms with Gasteiger partial charge < -0.3 is 16.0 Å². The van der Waals surface area contributed by atoms with Crippen molar-refractivity contribution in [3.05, 3.63) is 45.7 Å². The van der Waals surface area contributed by atoms with E-state index >= 15 is 0 Å². The Labute approximate surface area is 121 Å². The molecule has 3 aromatic rings. The number of halogens is 2. The molecular formula is C13H10F2N4OS. The summed E-state index contributed by atoms with van der Waals surface area (Å²) in [5.41, 5.74) is 6.98. The fourth-order valence-corrected chi connectivity index (χ4v) is 2.64. The van der Waals surface area contributed by atoms with Gasteiger partial charge in [0.05, 0.1) is 15.9 Å². The van der Waals surface area contributed by atoms with Crippen LogP contribution in [0.4, 0.5) is 26.0 Å². The molecule has 0 unspecified atom stereocenters. The van der Waals surface area contributed by atoms with Gasteiger partial charge in [-0.25, -0.2) is 13.8 Å². The number of hydrogen-bond donors (Lipinski definition) is 3. The first-order chi connectivity index (χ1) is 10.0. The zero-order valence-electron chi connectivity index (χ0n) is 10.6. The van der Waals surface area contributed by atoms with Crippen LogP contribution in [0.25, 0.3) is 10.2 Å². The third-order valence-electron chi connectivity index (χ3n) is 2.86. The van der Waals surface area contributed by atoms with E-state index in [-0.39, 0.29) is 22.1 Å². The lowest BCUT2D eigenvalue weighted by molar-refractivity contribution is 0.146. The Morgan fingerprint density at radius 3 is 2.86 bits per heavy atom. The summed E-state index contributed by atoms with van der Waals surface area (Å²) in [6.07, 6.45) is -2.66. The molecule has 3 rings (SSSR count). The number of pyridine rings is 1. The fraction of sp³-hybridized carbons (Fsp3) is 0.0769. The quantitative estimate of drug-likeness (QED) is 0.693. The van der Waals surface area contributed by atoms with Gasteiger partial charge in [-0.3, -0.25) is 4.79 Å². The van der Waals surface area contributed by atoms with Crippen LogP contribution in [0.2, 0.25) is 0 Å². The fourth-order valence-electron chi connectivity index (χ4n) is 1.87. The monoisotopic (exact) mass is 308 g/mol. The average molecular weight is 308 g/mol. The van der Waals surface area contributed by atoms with Gasteiger partial charge in [-0.1, -0.05) is 11.3 Å². The SMILES string of the molecule is Nc1ccc(C(F)F)nc1Nc1ccc2[nH]c(=O)sc2c1. The van der Waals surface area contributed by atoms with Gasteiger partial charge >= 0.3 is 4.87 Å². The first-order valence-corrected chi connectivity index (χ1v) is 6.79. The summed E-state index contributed by atoms with van der Waals surface area (Å²) in [6.45, 7) is 0. The van der Waals surface area contributed by atoms with Gasteiger partial charge in [-0.05, 0) is 30.3 Å². The lowest BCUT2D eigenvalue weighted by Crippen LogP contribution is -2.02. The maximum absolute atomic E-state index is 12.7. The van der Waals surface area contributed by atoms with Crippen molar-refractivity contribution in [2.45, 2.75) is 6.43 Å². The van der Waals surface area contributed by atoms with Gasteiger partial charge in [0.25, 0.3) is 6.43 Å². The van der Waals surface area contributed by atoms with E-state index in [1.165, 1.54) is 12.1 Å². The van der Waals surface area contributed by atoms with Crippen LogP contribution in [0.5, 0.6) is 0 Å². The Bertz CT molecular complexity index is 859. The molecular weight excluding hydrogens is 298 g/mol. The van der Waals surface area contributed by atoms with Crippen molar-refractivity contribution < 1.29 is 8.78 Å². The maximum Gasteiger partial charge on any atom is 0.305 e. The highest BCUT2D eigenvalue weighted by molar-refractivity contribution is 7.16. The Balaban J connectivity index is 1.97. The number of rotatable bonds is 3. The van der Waals surface area contributed by atoms with Crippen molar-refractivity contribution >= 4 is 38.7 Å². The second kappa shape index (κ2) is 5.13. The molecule has 2 heterocycles. The lowest BCUT2D eigenvalue weighted by Gasteiger charge is -2.10. The third-order valence-corrected chi connectivity index (χ3v) is 3.70. The predicted molar refractivity (Wildman–Crippen MR) is 79.3 cm³/mol. The van der Waals surface area contributed by atoms with Crippen molar-refractivity contribution in [3.63, 3.8) is 0 Å². The van der Waals surface area contributed by atoms with Crippen molar-refractivity contribution in [2.24, 2.45) is 0 Å². The number of benzene rings is 1. The van der Waals surface area contributed by atoms with Crippen LogP contribution in [0.1, 0.15) is 12.1 Å². The number of nitrogens with two attached hydrogens (primary N) is 1. The van der Waals surface area contributed by atoms with Gasteiger partial charge in [-0.2, -0.15) is 0 Å². The smallest absolute Gasteiger partial charge is 0.305 e. The van der Waals surface area contributed by atoms with Crippen molar-refractivity contribution in [1.29, 1.82) is 0 Å². The number of anilines is 3. The van der Waals surface area contributed by atoms with Crippen LogP contribution >= 0.6 is 11.3 Å². The zero-order valence-corrected chi connectivity index (χ0v) is 11.4. The molecule has 1 aromatic carbocycles. The number of alkyl halides is 2. The standard InChI is InChI=1S/C13H10F2N4OS/c14-11(15)9-4-2-7(16)12(18-9)17-6-1-3-8-10(5-6)21-13(20)19-8/h1-5,11H,16H2,(H,17,18)(H,19,20). The van der Waals surface area contributed by atoms with E-state index in [1.54, 1.807) is 18.2 Å². The molecule has 4 N–H and O–H groups in total. The molecule has 0 aliphatic carbocycles. The van der Waals surface area contributed by atoms with Gasteiger partial charge in [0.1, 0.15) is 5.69 Å². The molecule has 0 saturated carbocycles. The Kier molecular flexibility index (Phi) is 3.30. The van der Waals surface area contributed by atoms with E-state index in [1.807, 2.05) is 0 Å². The van der Waals surface area contributed by atoms with E-state index < -0.39 is 6.43 Å². The number of aromatic nitrogens is 2. The van der Waals surface area contributed by atoms with Gasteiger partial charge in [-0.15, -0.1) is 0 Å². The number of thiazole rings is 1. The molecule has 21 heavy (non-hydrogen) atoms. The molecule has 0 bridgehead atoms. The van der Waals surface area contributed by atoms with Gasteiger partial charge in [0.2, 0.25) is 0 Å². The number of H-pyrrole nitrogens is 1. The molecule has 0 fully saturated rings. The van der Waals surface area contributed by atoms with Crippen LogP contribution in [-0.4, -0.2) is 9.97 Å². The highest BCUT2D eigenvalue weighted by atomic mass is 32.1. The minimum absolute atomic E-state index is 0.153. The molecule has 2 aromatic heterocycles. The first kappa shape index (κ1) is 13.5. The summed E-state index contributed by atoms with van der Waals surface area (Å²) in [5, 5.41) is 2.89. The Morgan fingerprint density at radius 2 is 2.10 bits per heavy atom. The minimum Gasteiger partial charge on any atom is -0.396 e. The molecule has 5 nitrogen and oxygen atoms in total.